The van der Waals surface area contributed by atoms with Crippen LogP contribution in [0.15, 0.2) is 54.9 Å². The van der Waals surface area contributed by atoms with Crippen LogP contribution < -0.4 is 9.64 Å². The summed E-state index contributed by atoms with van der Waals surface area (Å²) in [6.07, 6.45) is 15.4. The zero-order valence-corrected chi connectivity index (χ0v) is 30.1. The van der Waals surface area contributed by atoms with E-state index in [0.717, 1.165) is 93.3 Å². The summed E-state index contributed by atoms with van der Waals surface area (Å²) in [5.74, 6) is 2.04. The summed E-state index contributed by atoms with van der Waals surface area (Å²) in [4.78, 5) is 31.3. The Labute approximate surface area is 297 Å². The van der Waals surface area contributed by atoms with Crippen LogP contribution in [0.1, 0.15) is 100 Å². The maximum Gasteiger partial charge on any atom is 0.410 e. The van der Waals surface area contributed by atoms with Crippen LogP contribution in [0.3, 0.4) is 0 Å². The molecule has 0 spiro atoms. The van der Waals surface area contributed by atoms with Crippen LogP contribution in [-0.2, 0) is 14.3 Å². The van der Waals surface area contributed by atoms with Crippen LogP contribution in [0.25, 0.3) is 11.1 Å². The van der Waals surface area contributed by atoms with Crippen molar-refractivity contribution in [3.05, 3.63) is 66.0 Å². The van der Waals surface area contributed by atoms with Crippen molar-refractivity contribution in [3.8, 4) is 16.9 Å². The highest BCUT2D eigenvalue weighted by Gasteiger charge is 2.35. The van der Waals surface area contributed by atoms with Crippen LogP contribution in [0.5, 0.6) is 5.75 Å². The number of aryl methyl sites for hydroxylation is 1. The average molecular weight is 683 g/mol. The minimum Gasteiger partial charge on any atom is -0.496 e. The Morgan fingerprint density at radius 2 is 1.60 bits per heavy atom. The number of carbonyl (C=O) groups excluding carboxylic acids is 2. The van der Waals surface area contributed by atoms with Crippen LogP contribution >= 0.6 is 0 Å². The molecule has 4 fully saturated rings. The summed E-state index contributed by atoms with van der Waals surface area (Å²) in [5.41, 5.74) is 5.73. The summed E-state index contributed by atoms with van der Waals surface area (Å²) in [5, 5.41) is 4.63. The van der Waals surface area contributed by atoms with Crippen LogP contribution in [0, 0.1) is 18.8 Å². The fourth-order valence-electron chi connectivity index (χ4n) is 8.43. The van der Waals surface area contributed by atoms with Gasteiger partial charge in [-0.1, -0.05) is 24.3 Å². The predicted octanol–water partition coefficient (Wildman–Crippen LogP) is 8.32. The van der Waals surface area contributed by atoms with Gasteiger partial charge in [-0.3, -0.25) is 9.48 Å². The fourth-order valence-corrected chi connectivity index (χ4v) is 8.43. The molecule has 1 saturated heterocycles. The van der Waals surface area contributed by atoms with Gasteiger partial charge in [0, 0.05) is 50.1 Å². The van der Waals surface area contributed by atoms with Gasteiger partial charge in [-0.15, -0.1) is 0 Å². The highest BCUT2D eigenvalue weighted by Crippen LogP contribution is 2.40. The van der Waals surface area contributed by atoms with Gasteiger partial charge in [0.15, 0.2) is 0 Å². The number of anilines is 1. The second kappa shape index (κ2) is 15.6. The molecule has 50 heavy (non-hydrogen) atoms. The summed E-state index contributed by atoms with van der Waals surface area (Å²) >= 11 is 0. The Morgan fingerprint density at radius 3 is 2.28 bits per heavy atom. The number of amides is 2. The van der Waals surface area contributed by atoms with Crippen molar-refractivity contribution in [1.82, 2.24) is 14.7 Å². The minimum atomic E-state index is -0.224. The van der Waals surface area contributed by atoms with Gasteiger partial charge in [0.05, 0.1) is 25.5 Å². The molecule has 2 aromatic carbocycles. The number of piperidine rings is 1. The van der Waals surface area contributed by atoms with Gasteiger partial charge in [-0.25, -0.2) is 4.79 Å². The first-order chi connectivity index (χ1) is 24.4. The third-order valence-corrected chi connectivity index (χ3v) is 11.8. The SMILES string of the molecule is COc1ccc(C2CCC(CN(C(=O)C3CCC(OC(=O)N4CCC(OC)CC4)CC3)c3cccc(-c4cnn(C5CC5)c4)c3)CC2)cc1C. The number of carbonyl (C=O) groups is 2. The van der Waals surface area contributed by atoms with Crippen molar-refractivity contribution in [2.75, 3.05) is 38.8 Å². The first-order valence-electron chi connectivity index (χ1n) is 19.0. The molecule has 1 aliphatic heterocycles. The second-order valence-electron chi connectivity index (χ2n) is 15.2. The highest BCUT2D eigenvalue weighted by atomic mass is 16.6. The van der Waals surface area contributed by atoms with E-state index in [9.17, 15) is 9.59 Å². The molecule has 3 saturated carbocycles. The first-order valence-corrected chi connectivity index (χ1v) is 19.0. The molecule has 0 bridgehead atoms. The van der Waals surface area contributed by atoms with E-state index in [-0.39, 0.29) is 30.1 Å². The fraction of sp³-hybridized carbons (Fsp3) is 0.585. The Morgan fingerprint density at radius 1 is 0.840 bits per heavy atom. The van der Waals surface area contributed by atoms with E-state index in [1.54, 1.807) is 19.1 Å². The lowest BCUT2D eigenvalue weighted by Crippen LogP contribution is -2.44. The van der Waals surface area contributed by atoms with Gasteiger partial charge in [-0.05, 0) is 131 Å². The van der Waals surface area contributed by atoms with Gasteiger partial charge in [0.1, 0.15) is 11.9 Å². The molecule has 4 aliphatic rings. The van der Waals surface area contributed by atoms with Gasteiger partial charge in [-0.2, -0.15) is 5.10 Å². The molecule has 1 aromatic heterocycles. The third-order valence-electron chi connectivity index (χ3n) is 11.8. The van der Waals surface area contributed by atoms with Crippen LogP contribution in [-0.4, -0.2) is 72.7 Å². The molecule has 0 radical (unpaired) electrons. The number of methoxy groups -OCH3 is 2. The molecule has 3 aliphatic carbocycles. The lowest BCUT2D eigenvalue weighted by atomic mass is 9.78. The third kappa shape index (κ3) is 8.03. The molecule has 9 nitrogen and oxygen atoms in total. The van der Waals surface area contributed by atoms with E-state index in [0.29, 0.717) is 31.0 Å². The molecule has 7 rings (SSSR count). The van der Waals surface area contributed by atoms with E-state index in [1.807, 2.05) is 6.20 Å². The molecule has 268 valence electrons. The topological polar surface area (TPSA) is 86.1 Å². The molecular weight excluding hydrogens is 628 g/mol. The summed E-state index contributed by atoms with van der Waals surface area (Å²) in [6.45, 7) is 4.18. The number of aromatic nitrogens is 2. The normalized spacial score (nSPS) is 24.5. The lowest BCUT2D eigenvalue weighted by Gasteiger charge is -2.37. The number of likely N-dealkylation sites (tertiary alicyclic amines) is 1. The summed E-state index contributed by atoms with van der Waals surface area (Å²) < 4.78 is 19.0. The maximum absolute atomic E-state index is 14.5. The van der Waals surface area contributed by atoms with Crippen molar-refractivity contribution in [2.45, 2.75) is 108 Å². The predicted molar refractivity (Wildman–Crippen MR) is 195 cm³/mol. The summed E-state index contributed by atoms with van der Waals surface area (Å²) in [7, 11) is 3.46. The molecule has 0 unspecified atom stereocenters. The van der Waals surface area contributed by atoms with Gasteiger partial charge in [0.2, 0.25) is 5.91 Å². The van der Waals surface area contributed by atoms with E-state index >= 15 is 0 Å². The number of benzene rings is 2. The van der Waals surface area contributed by atoms with Crippen molar-refractivity contribution < 1.29 is 23.8 Å². The van der Waals surface area contributed by atoms with Gasteiger partial charge < -0.3 is 24.0 Å². The summed E-state index contributed by atoms with van der Waals surface area (Å²) in [6, 6.07) is 15.6. The largest absolute Gasteiger partial charge is 0.496 e. The Hall–Kier alpha value is -3.85. The minimum absolute atomic E-state index is 0.0812. The van der Waals surface area contributed by atoms with E-state index < -0.39 is 0 Å². The van der Waals surface area contributed by atoms with E-state index in [1.165, 1.54) is 24.0 Å². The van der Waals surface area contributed by atoms with Crippen molar-refractivity contribution in [2.24, 2.45) is 11.8 Å². The molecule has 0 atom stereocenters. The molecule has 9 heteroatoms. The average Bonchev–Trinajstić information content (AvgIpc) is 3.89. The second-order valence-corrected chi connectivity index (χ2v) is 15.2. The zero-order chi connectivity index (χ0) is 34.6. The zero-order valence-electron chi connectivity index (χ0n) is 30.1. The highest BCUT2D eigenvalue weighted by molar-refractivity contribution is 5.95. The van der Waals surface area contributed by atoms with E-state index in [4.69, 9.17) is 14.2 Å². The lowest BCUT2D eigenvalue weighted by molar-refractivity contribution is -0.124. The number of hydrogen-bond donors (Lipinski definition) is 0. The monoisotopic (exact) mass is 682 g/mol. The van der Waals surface area contributed by atoms with Crippen molar-refractivity contribution in [1.29, 1.82) is 0 Å². The molecule has 2 amide bonds. The Kier molecular flexibility index (Phi) is 10.8. The molecule has 0 N–H and O–H groups in total. The molecule has 2 heterocycles. The van der Waals surface area contributed by atoms with Gasteiger partial charge in [0.25, 0.3) is 0 Å². The number of rotatable bonds is 10. The van der Waals surface area contributed by atoms with Crippen molar-refractivity contribution in [3.63, 3.8) is 0 Å². The van der Waals surface area contributed by atoms with Crippen LogP contribution in [0.2, 0.25) is 0 Å². The Balaban J connectivity index is 1.02. The Bertz CT molecular complexity index is 1610. The number of ether oxygens (including phenoxy) is 3. The molecular formula is C41H54N4O5. The quantitative estimate of drug-likeness (QED) is 0.214. The van der Waals surface area contributed by atoms with Crippen LogP contribution in [0.4, 0.5) is 10.5 Å². The van der Waals surface area contributed by atoms with Crippen molar-refractivity contribution >= 4 is 17.7 Å². The smallest absolute Gasteiger partial charge is 0.410 e. The standard InChI is InChI=1S/C41H54N4O5/c1-28-23-33(13-18-39(28)49-3)30-9-7-29(8-10-30)26-44(36-6-4-5-32(24-36)34-25-42-45(27-34)35-14-15-35)40(46)31-11-16-38(17-12-31)50-41(47)43-21-19-37(48-2)20-22-43/h4-6,13,18,23-25,27,29-31,35,37-38H,7-12,14-17,19-22,26H2,1-3H3. The maximum atomic E-state index is 14.5. The van der Waals surface area contributed by atoms with Gasteiger partial charge >= 0.3 is 6.09 Å². The molecule has 3 aromatic rings. The number of hydrogen-bond acceptors (Lipinski definition) is 6. The first kappa shape index (κ1) is 34.6. The van der Waals surface area contributed by atoms with E-state index in [2.05, 4.69) is 70.3 Å². The number of nitrogens with zero attached hydrogens (tertiary/aromatic N) is 4.